The molecule has 0 heterocycles. The summed E-state index contributed by atoms with van der Waals surface area (Å²) in [7, 11) is -1.63. The Morgan fingerprint density at radius 2 is 0.964 bits per heavy atom. The first-order valence-electron chi connectivity index (χ1n) is 10.0. The van der Waals surface area contributed by atoms with Crippen LogP contribution in [0.25, 0.3) is 0 Å². The van der Waals surface area contributed by atoms with E-state index >= 15 is 0 Å². The zero-order chi connectivity index (χ0) is 18.8. The second-order valence-corrected chi connectivity index (χ2v) is 10.6. The molecule has 146 valence electrons. The maximum absolute atomic E-state index is 3.84. The van der Waals surface area contributed by atoms with Crippen LogP contribution in [0.4, 0.5) is 0 Å². The Hall–Kier alpha value is -1.69. The number of unbranched alkanes of at least 4 members (excludes halogenated alkanes) is 4. The molecule has 0 saturated carbocycles. The summed E-state index contributed by atoms with van der Waals surface area (Å²) >= 11 is 0. The van der Waals surface area contributed by atoms with Crippen LogP contribution in [0.2, 0.25) is 0 Å². The van der Waals surface area contributed by atoms with Crippen molar-refractivity contribution in [3.05, 3.63) is 104 Å². The summed E-state index contributed by atoms with van der Waals surface area (Å²) in [6.07, 6.45) is 9.53. The van der Waals surface area contributed by atoms with Gasteiger partial charge in [-0.15, -0.1) is 6.58 Å². The summed E-state index contributed by atoms with van der Waals surface area (Å²) < 4.78 is 0. The molecule has 0 nitrogen and oxygen atoms in total. The minimum absolute atomic E-state index is 0. The minimum atomic E-state index is -1.63. The van der Waals surface area contributed by atoms with Gasteiger partial charge in [0.05, 0.1) is 6.16 Å². The minimum Gasteiger partial charge on any atom is -1.00 e. The van der Waals surface area contributed by atoms with Crippen LogP contribution in [0.5, 0.6) is 0 Å². The predicted octanol–water partition coefficient (Wildman–Crippen LogP) is 3.12. The molecule has 2 heteroatoms. The zero-order valence-corrected chi connectivity index (χ0v) is 19.0. The molecule has 0 spiro atoms. The van der Waals surface area contributed by atoms with Crippen LogP contribution in [-0.4, -0.2) is 6.16 Å². The topological polar surface area (TPSA) is 0 Å². The van der Waals surface area contributed by atoms with Gasteiger partial charge in [0.25, 0.3) is 0 Å². The van der Waals surface area contributed by atoms with Gasteiger partial charge in [-0.25, -0.2) is 0 Å². The molecular formula is C26H30BrP. The highest BCUT2D eigenvalue weighted by atomic mass is 79.9. The van der Waals surface area contributed by atoms with Crippen LogP contribution < -0.4 is 32.9 Å². The Kier molecular flexibility index (Phi) is 9.68. The van der Waals surface area contributed by atoms with Crippen LogP contribution in [0.1, 0.15) is 32.1 Å². The monoisotopic (exact) mass is 452 g/mol. The molecule has 3 rings (SSSR count). The lowest BCUT2D eigenvalue weighted by Crippen LogP contribution is -3.00. The van der Waals surface area contributed by atoms with Gasteiger partial charge < -0.3 is 17.0 Å². The van der Waals surface area contributed by atoms with Crippen LogP contribution in [0.3, 0.4) is 0 Å². The standard InChI is InChI=1S/C26H30P.BrH/c1-2-3-4-5-6-16-23-27(24-17-10-7-11-18-24,25-19-12-8-13-20-25)26-21-14-9-15-22-26;/h2,7-15,17-22H,1,3-6,16,23H2;1H/q+1;/p-1. The third kappa shape index (κ3) is 5.43. The molecule has 0 aromatic heterocycles. The molecule has 28 heavy (non-hydrogen) atoms. The van der Waals surface area contributed by atoms with E-state index in [1.807, 2.05) is 6.08 Å². The van der Waals surface area contributed by atoms with E-state index in [9.17, 15) is 0 Å². The summed E-state index contributed by atoms with van der Waals surface area (Å²) in [5, 5.41) is 4.48. The average Bonchev–Trinajstić information content (AvgIpc) is 2.75. The van der Waals surface area contributed by atoms with E-state index in [1.54, 1.807) is 0 Å². The fourth-order valence-electron chi connectivity index (χ4n) is 3.87. The molecule has 3 aromatic rings. The lowest BCUT2D eigenvalue weighted by atomic mass is 10.1. The van der Waals surface area contributed by atoms with E-state index in [4.69, 9.17) is 0 Å². The first kappa shape index (κ1) is 22.6. The largest absolute Gasteiger partial charge is 1.00 e. The number of allylic oxidation sites excluding steroid dienone is 1. The number of rotatable bonds is 10. The Morgan fingerprint density at radius 3 is 1.36 bits per heavy atom. The van der Waals surface area contributed by atoms with Crippen molar-refractivity contribution in [1.82, 2.24) is 0 Å². The SMILES string of the molecule is C=CCCCCCC[P+](c1ccccc1)(c1ccccc1)c1ccccc1.[Br-]. The molecule has 0 bridgehead atoms. The van der Waals surface area contributed by atoms with Gasteiger partial charge in [0.15, 0.2) is 0 Å². The van der Waals surface area contributed by atoms with E-state index in [2.05, 4.69) is 97.6 Å². The quantitative estimate of drug-likeness (QED) is 0.252. The molecular weight excluding hydrogens is 423 g/mol. The lowest BCUT2D eigenvalue weighted by molar-refractivity contribution is -0.00000534. The molecule has 0 aliphatic rings. The van der Waals surface area contributed by atoms with Crippen LogP contribution in [0, 0.1) is 0 Å². The van der Waals surface area contributed by atoms with Gasteiger partial charge in [-0.1, -0.05) is 67.1 Å². The van der Waals surface area contributed by atoms with E-state index in [0.717, 1.165) is 6.42 Å². The number of halogens is 1. The third-order valence-electron chi connectivity index (χ3n) is 5.24. The van der Waals surface area contributed by atoms with Crippen molar-refractivity contribution in [1.29, 1.82) is 0 Å². The van der Waals surface area contributed by atoms with Crippen molar-refractivity contribution >= 4 is 23.2 Å². The molecule has 0 aliphatic carbocycles. The highest BCUT2D eigenvalue weighted by Crippen LogP contribution is 2.55. The van der Waals surface area contributed by atoms with E-state index in [-0.39, 0.29) is 17.0 Å². The molecule has 0 aliphatic heterocycles. The Balaban J connectivity index is 0.00000280. The van der Waals surface area contributed by atoms with Gasteiger partial charge >= 0.3 is 0 Å². The fraction of sp³-hybridized carbons (Fsp3) is 0.231. The third-order valence-corrected chi connectivity index (χ3v) is 9.77. The van der Waals surface area contributed by atoms with Crippen molar-refractivity contribution in [2.75, 3.05) is 6.16 Å². The van der Waals surface area contributed by atoms with Crippen molar-refractivity contribution in [2.24, 2.45) is 0 Å². The molecule has 0 amide bonds. The number of benzene rings is 3. The average molecular weight is 453 g/mol. The molecule has 0 unspecified atom stereocenters. The van der Waals surface area contributed by atoms with Gasteiger partial charge in [0.1, 0.15) is 23.2 Å². The van der Waals surface area contributed by atoms with Crippen molar-refractivity contribution in [3.8, 4) is 0 Å². The second kappa shape index (κ2) is 12.0. The van der Waals surface area contributed by atoms with Crippen LogP contribution in [0.15, 0.2) is 104 Å². The summed E-state index contributed by atoms with van der Waals surface area (Å²) in [4.78, 5) is 0. The van der Waals surface area contributed by atoms with Crippen molar-refractivity contribution < 1.29 is 17.0 Å². The van der Waals surface area contributed by atoms with Crippen LogP contribution >= 0.6 is 7.26 Å². The molecule has 0 fully saturated rings. The highest BCUT2D eigenvalue weighted by molar-refractivity contribution is 7.95. The van der Waals surface area contributed by atoms with Crippen molar-refractivity contribution in [2.45, 2.75) is 32.1 Å². The smallest absolute Gasteiger partial charge is 0.112 e. The second-order valence-electron chi connectivity index (χ2n) is 7.03. The zero-order valence-electron chi connectivity index (χ0n) is 16.5. The molecule has 0 radical (unpaired) electrons. The lowest BCUT2D eigenvalue weighted by Gasteiger charge is -2.27. The van der Waals surface area contributed by atoms with E-state index in [1.165, 1.54) is 47.8 Å². The Bertz CT molecular complexity index is 703. The van der Waals surface area contributed by atoms with Gasteiger partial charge in [-0.3, -0.25) is 0 Å². The summed E-state index contributed by atoms with van der Waals surface area (Å²) in [6.45, 7) is 3.84. The van der Waals surface area contributed by atoms with Gasteiger partial charge in [0.2, 0.25) is 0 Å². The number of hydrogen-bond acceptors (Lipinski definition) is 0. The predicted molar refractivity (Wildman–Crippen MR) is 123 cm³/mol. The Morgan fingerprint density at radius 1 is 0.571 bits per heavy atom. The van der Waals surface area contributed by atoms with Crippen LogP contribution in [-0.2, 0) is 0 Å². The summed E-state index contributed by atoms with van der Waals surface area (Å²) in [5.74, 6) is 0. The first-order valence-corrected chi connectivity index (χ1v) is 12.0. The summed E-state index contributed by atoms with van der Waals surface area (Å²) in [6, 6.07) is 33.6. The number of hydrogen-bond donors (Lipinski definition) is 0. The molecule has 0 atom stereocenters. The van der Waals surface area contributed by atoms with E-state index in [0.29, 0.717) is 0 Å². The molecule has 3 aromatic carbocycles. The highest BCUT2D eigenvalue weighted by Gasteiger charge is 2.44. The summed E-state index contributed by atoms with van der Waals surface area (Å²) in [5.41, 5.74) is 0. The molecule has 0 N–H and O–H groups in total. The first-order chi connectivity index (χ1) is 13.4. The van der Waals surface area contributed by atoms with Gasteiger partial charge in [-0.2, -0.15) is 0 Å². The fourth-order valence-corrected chi connectivity index (χ4v) is 8.28. The van der Waals surface area contributed by atoms with Gasteiger partial charge in [-0.05, 0) is 62.1 Å². The van der Waals surface area contributed by atoms with E-state index < -0.39 is 7.26 Å². The van der Waals surface area contributed by atoms with Crippen molar-refractivity contribution in [3.63, 3.8) is 0 Å². The van der Waals surface area contributed by atoms with Gasteiger partial charge in [0, 0.05) is 0 Å². The molecule has 0 saturated heterocycles. The normalized spacial score (nSPS) is 10.9. The maximum Gasteiger partial charge on any atom is 0.112 e. The Labute approximate surface area is 181 Å². The maximum atomic E-state index is 3.84.